The van der Waals surface area contributed by atoms with Gasteiger partial charge in [-0.1, -0.05) is 75.4 Å². The number of fused-ring (bicyclic) bond motifs is 1. The van der Waals surface area contributed by atoms with E-state index in [9.17, 15) is 8.76 Å². The van der Waals surface area contributed by atoms with E-state index in [0.29, 0.717) is 19.7 Å². The summed E-state index contributed by atoms with van der Waals surface area (Å²) < 4.78 is 31.7. The molecule has 184 valence electrons. The van der Waals surface area contributed by atoms with Crippen molar-refractivity contribution >= 4 is 22.0 Å². The molecule has 0 amide bonds. The van der Waals surface area contributed by atoms with E-state index in [1.165, 1.54) is 16.3 Å². The molecule has 0 aliphatic carbocycles. The maximum Gasteiger partial charge on any atom is 0.231 e. The van der Waals surface area contributed by atoms with Crippen molar-refractivity contribution in [2.75, 3.05) is 13.2 Å². The van der Waals surface area contributed by atoms with E-state index in [1.807, 2.05) is 16.9 Å². The Bertz CT molecular complexity index is 1280. The van der Waals surface area contributed by atoms with E-state index in [2.05, 4.69) is 91.3 Å². The van der Waals surface area contributed by atoms with Crippen LogP contribution >= 0.6 is 0 Å². The first-order valence-electron chi connectivity index (χ1n) is 11.8. The summed E-state index contributed by atoms with van der Waals surface area (Å²) in [5.74, 6) is 0.786. The molecule has 0 aliphatic heterocycles. The van der Waals surface area contributed by atoms with E-state index < -0.39 is 11.3 Å². The summed E-state index contributed by atoms with van der Waals surface area (Å²) in [5, 5.41) is 6.77. The second-order valence-electron chi connectivity index (χ2n) is 9.87. The minimum absolute atomic E-state index is 0.0203. The van der Waals surface area contributed by atoms with Crippen LogP contribution in [0, 0.1) is 5.41 Å². The number of hydrogen-bond donors (Lipinski definition) is 2. The Hall–Kier alpha value is -3.00. The lowest BCUT2D eigenvalue weighted by Gasteiger charge is -2.32. The molecule has 2 atom stereocenters. The van der Waals surface area contributed by atoms with Crippen LogP contribution in [-0.2, 0) is 24.2 Å². The van der Waals surface area contributed by atoms with Gasteiger partial charge in [0.25, 0.3) is 0 Å². The van der Waals surface area contributed by atoms with Gasteiger partial charge in [-0.25, -0.2) is 8.93 Å². The van der Waals surface area contributed by atoms with Gasteiger partial charge >= 0.3 is 0 Å². The van der Waals surface area contributed by atoms with Crippen LogP contribution in [0.3, 0.4) is 0 Å². The number of aromatic nitrogens is 2. The normalized spacial score (nSPS) is 13.6. The smallest absolute Gasteiger partial charge is 0.231 e. The third-order valence-electron chi connectivity index (χ3n) is 6.28. The molecule has 0 spiro atoms. The first kappa shape index (κ1) is 25.1. The van der Waals surface area contributed by atoms with Crippen LogP contribution in [0.4, 0.5) is 0 Å². The Morgan fingerprint density at radius 2 is 1.80 bits per heavy atom. The van der Waals surface area contributed by atoms with Gasteiger partial charge < -0.3 is 4.74 Å². The summed E-state index contributed by atoms with van der Waals surface area (Å²) in [5.41, 5.74) is 3.19. The van der Waals surface area contributed by atoms with Gasteiger partial charge in [-0.3, -0.25) is 9.23 Å². The monoisotopic (exact) mass is 491 g/mol. The fourth-order valence-electron chi connectivity index (χ4n) is 4.38. The average molecular weight is 492 g/mol. The highest BCUT2D eigenvalue weighted by atomic mass is 32.2. The van der Waals surface area contributed by atoms with Crippen LogP contribution in [0.25, 0.3) is 10.8 Å². The quantitative estimate of drug-likeness (QED) is 0.285. The van der Waals surface area contributed by atoms with Crippen molar-refractivity contribution in [2.24, 2.45) is 5.41 Å². The minimum atomic E-state index is -2.07. The summed E-state index contributed by atoms with van der Waals surface area (Å²) in [6.07, 6.45) is 4.49. The van der Waals surface area contributed by atoms with E-state index in [-0.39, 0.29) is 11.3 Å². The lowest BCUT2D eigenvalue weighted by atomic mass is 9.76. The molecule has 4 aromatic rings. The summed E-state index contributed by atoms with van der Waals surface area (Å²) in [6.45, 7) is 7.95. The zero-order chi connectivity index (χ0) is 24.8. The van der Waals surface area contributed by atoms with Gasteiger partial charge in [-0.2, -0.15) is 5.10 Å². The molecule has 1 heterocycles. The van der Waals surface area contributed by atoms with Crippen molar-refractivity contribution in [3.05, 3.63) is 95.8 Å². The maximum absolute atomic E-state index is 11.4. The van der Waals surface area contributed by atoms with Crippen molar-refractivity contribution in [1.29, 1.82) is 0 Å². The molecule has 35 heavy (non-hydrogen) atoms. The van der Waals surface area contributed by atoms with Gasteiger partial charge in [0.2, 0.25) is 11.3 Å². The van der Waals surface area contributed by atoms with Gasteiger partial charge in [0, 0.05) is 31.3 Å². The molecule has 0 saturated heterocycles. The Labute approximate surface area is 209 Å². The van der Waals surface area contributed by atoms with Crippen LogP contribution < -0.4 is 9.46 Å². The third kappa shape index (κ3) is 6.78. The number of nitrogens with zero attached hydrogens (tertiary/aromatic N) is 2. The van der Waals surface area contributed by atoms with Gasteiger partial charge in [0.05, 0.1) is 13.2 Å². The van der Waals surface area contributed by atoms with Crippen molar-refractivity contribution in [1.82, 2.24) is 14.5 Å². The topological polar surface area (TPSA) is 76.4 Å². The number of benzene rings is 3. The van der Waals surface area contributed by atoms with Crippen LogP contribution in [0.2, 0.25) is 0 Å². The molecule has 0 aliphatic rings. The highest BCUT2D eigenvalue weighted by molar-refractivity contribution is 7.77. The van der Waals surface area contributed by atoms with E-state index in [4.69, 9.17) is 4.74 Å². The SMILES string of the molecule is CC(C)(C)C(CNS(=O)O)c1ccc(Cn2cccn2)cc1OCCc1ccc2ccccc2c1. The molecule has 0 radical (unpaired) electrons. The fourth-order valence-corrected chi connectivity index (χ4v) is 4.69. The number of ether oxygens (including phenoxy) is 1. The van der Waals surface area contributed by atoms with Crippen LogP contribution in [0.15, 0.2) is 79.1 Å². The molecular formula is C28H33N3O3S. The molecular weight excluding hydrogens is 458 g/mol. The lowest BCUT2D eigenvalue weighted by molar-refractivity contribution is 0.286. The molecule has 0 fully saturated rings. The first-order valence-corrected chi connectivity index (χ1v) is 13.0. The highest BCUT2D eigenvalue weighted by Crippen LogP contribution is 2.39. The zero-order valence-electron chi connectivity index (χ0n) is 20.5. The molecule has 6 nitrogen and oxygen atoms in total. The highest BCUT2D eigenvalue weighted by Gasteiger charge is 2.29. The fraction of sp³-hybridized carbons (Fsp3) is 0.321. The van der Waals surface area contributed by atoms with E-state index in [1.54, 1.807) is 6.20 Å². The summed E-state index contributed by atoms with van der Waals surface area (Å²) in [4.78, 5) is 0. The minimum Gasteiger partial charge on any atom is -0.493 e. The lowest BCUT2D eigenvalue weighted by Crippen LogP contribution is -2.31. The standard InChI is InChI=1S/C28H33N3O3S/c1-28(2,3)26(19-30-35(32)33)25-12-10-22(20-31-15-6-14-29-31)18-27(25)34-16-13-21-9-11-23-7-4-5-8-24(23)17-21/h4-12,14-15,17-18,26,30H,13,16,19-20H2,1-3H3,(H,32,33). The predicted octanol–water partition coefficient (Wildman–Crippen LogP) is 5.56. The van der Waals surface area contributed by atoms with Crippen LogP contribution in [0.1, 0.15) is 43.4 Å². The van der Waals surface area contributed by atoms with Crippen molar-refractivity contribution in [2.45, 2.75) is 39.7 Å². The predicted molar refractivity (Wildman–Crippen MR) is 142 cm³/mol. The van der Waals surface area contributed by atoms with Crippen LogP contribution in [-0.4, -0.2) is 31.7 Å². The third-order valence-corrected chi connectivity index (χ3v) is 6.69. The van der Waals surface area contributed by atoms with Crippen molar-refractivity contribution in [3.8, 4) is 5.75 Å². The second-order valence-corrected chi connectivity index (χ2v) is 10.7. The number of hydrogen-bond acceptors (Lipinski definition) is 3. The molecule has 2 N–H and O–H groups in total. The maximum atomic E-state index is 11.4. The average Bonchev–Trinajstić information content (AvgIpc) is 3.32. The number of rotatable bonds is 10. The molecule has 7 heteroatoms. The Morgan fingerprint density at radius 3 is 2.51 bits per heavy atom. The zero-order valence-corrected chi connectivity index (χ0v) is 21.3. The Morgan fingerprint density at radius 1 is 1.03 bits per heavy atom. The largest absolute Gasteiger partial charge is 0.493 e. The Kier molecular flexibility index (Phi) is 8.00. The van der Waals surface area contributed by atoms with Crippen molar-refractivity contribution < 1.29 is 13.5 Å². The molecule has 4 rings (SSSR count). The second kappa shape index (κ2) is 11.2. The molecule has 0 bridgehead atoms. The molecule has 0 saturated carbocycles. The summed E-state index contributed by atoms with van der Waals surface area (Å²) >= 11 is -2.07. The Balaban J connectivity index is 1.58. The number of nitrogens with one attached hydrogen (secondary N) is 1. The van der Waals surface area contributed by atoms with Crippen LogP contribution in [0.5, 0.6) is 5.75 Å². The van der Waals surface area contributed by atoms with Gasteiger partial charge in [0.15, 0.2) is 0 Å². The molecule has 3 aromatic carbocycles. The molecule has 2 unspecified atom stereocenters. The van der Waals surface area contributed by atoms with Gasteiger partial charge in [0.1, 0.15) is 5.75 Å². The summed E-state index contributed by atoms with van der Waals surface area (Å²) in [7, 11) is 0. The summed E-state index contributed by atoms with van der Waals surface area (Å²) in [6, 6.07) is 23.0. The van der Waals surface area contributed by atoms with E-state index in [0.717, 1.165) is 23.3 Å². The van der Waals surface area contributed by atoms with Crippen molar-refractivity contribution in [3.63, 3.8) is 0 Å². The van der Waals surface area contributed by atoms with Gasteiger partial charge in [-0.05, 0) is 45.0 Å². The molecule has 1 aromatic heterocycles. The first-order chi connectivity index (χ1) is 16.8. The van der Waals surface area contributed by atoms with Gasteiger partial charge in [-0.15, -0.1) is 0 Å². The van der Waals surface area contributed by atoms with E-state index >= 15 is 0 Å².